The maximum Gasteiger partial charge on any atom is 0.142 e. The summed E-state index contributed by atoms with van der Waals surface area (Å²) in [5.74, 6) is 2.42. The van der Waals surface area contributed by atoms with Crippen LogP contribution in [0.1, 0.15) is 26.5 Å². The first-order valence-electron chi connectivity index (χ1n) is 7.16. The summed E-state index contributed by atoms with van der Waals surface area (Å²) in [6, 6.07) is 12.3. The molecule has 0 radical (unpaired) electrons. The van der Waals surface area contributed by atoms with Crippen LogP contribution < -0.4 is 10.1 Å². The smallest absolute Gasteiger partial charge is 0.142 e. The summed E-state index contributed by atoms with van der Waals surface area (Å²) in [5.41, 5.74) is 1.03. The van der Waals surface area contributed by atoms with E-state index in [-0.39, 0.29) is 6.04 Å². The molecule has 1 heterocycles. The molecule has 3 nitrogen and oxygen atoms in total. The normalized spacial score (nSPS) is 12.4. The third-order valence-corrected chi connectivity index (χ3v) is 2.95. The Labute approximate surface area is 121 Å². The van der Waals surface area contributed by atoms with E-state index in [4.69, 9.17) is 9.15 Å². The molecule has 0 saturated carbocycles. The number of furan rings is 1. The second-order valence-corrected chi connectivity index (χ2v) is 5.53. The van der Waals surface area contributed by atoms with Crippen LogP contribution in [0.2, 0.25) is 0 Å². The minimum absolute atomic E-state index is 0.282. The van der Waals surface area contributed by atoms with E-state index in [0.717, 1.165) is 30.2 Å². The highest BCUT2D eigenvalue weighted by atomic mass is 16.5. The lowest BCUT2D eigenvalue weighted by atomic mass is 10.1. The van der Waals surface area contributed by atoms with Crippen LogP contribution in [0.15, 0.2) is 47.1 Å². The molecule has 1 aromatic heterocycles. The minimum atomic E-state index is 0.282. The number of ether oxygens (including phenoxy) is 1. The van der Waals surface area contributed by atoms with E-state index in [1.807, 2.05) is 36.4 Å². The summed E-state index contributed by atoms with van der Waals surface area (Å²) in [6.07, 6.45) is 2.56. The van der Waals surface area contributed by atoms with Crippen molar-refractivity contribution in [3.63, 3.8) is 0 Å². The molecule has 108 valence electrons. The van der Waals surface area contributed by atoms with Crippen molar-refractivity contribution < 1.29 is 9.15 Å². The van der Waals surface area contributed by atoms with Gasteiger partial charge in [0, 0.05) is 12.5 Å². The van der Waals surface area contributed by atoms with Crippen molar-refractivity contribution in [2.24, 2.45) is 5.92 Å². The average Bonchev–Trinajstić information content (AvgIpc) is 2.90. The maximum absolute atomic E-state index is 5.85. The number of rotatable bonds is 7. The zero-order valence-electron chi connectivity index (χ0n) is 12.4. The predicted octanol–water partition coefficient (Wildman–Crippen LogP) is 4.36. The molecule has 0 aliphatic rings. The van der Waals surface area contributed by atoms with Gasteiger partial charge in [-0.25, -0.2) is 0 Å². The van der Waals surface area contributed by atoms with Gasteiger partial charge in [0.05, 0.1) is 18.6 Å². The fourth-order valence-corrected chi connectivity index (χ4v) is 2.02. The monoisotopic (exact) mass is 273 g/mol. The topological polar surface area (TPSA) is 34.4 Å². The Hall–Kier alpha value is -1.90. The highest BCUT2D eigenvalue weighted by molar-refractivity contribution is 5.56. The molecule has 0 spiro atoms. The zero-order chi connectivity index (χ0) is 14.4. The lowest BCUT2D eigenvalue weighted by Crippen LogP contribution is -2.18. The molecule has 1 aromatic carbocycles. The van der Waals surface area contributed by atoms with Crippen LogP contribution in [-0.2, 0) is 6.42 Å². The quantitative estimate of drug-likeness (QED) is 0.814. The van der Waals surface area contributed by atoms with Crippen molar-refractivity contribution in [3.8, 4) is 5.75 Å². The van der Waals surface area contributed by atoms with Gasteiger partial charge < -0.3 is 14.5 Å². The fourth-order valence-electron chi connectivity index (χ4n) is 2.02. The van der Waals surface area contributed by atoms with E-state index in [1.165, 1.54) is 0 Å². The first kappa shape index (κ1) is 14.5. The lowest BCUT2D eigenvalue weighted by Gasteiger charge is -2.18. The molecule has 0 bridgehead atoms. The van der Waals surface area contributed by atoms with Gasteiger partial charge in [0.1, 0.15) is 11.5 Å². The number of para-hydroxylation sites is 2. The summed E-state index contributed by atoms with van der Waals surface area (Å²) >= 11 is 0. The standard InChI is InChI=1S/C17H23NO2/c1-13(2)12-20-17-9-5-4-8-16(17)18-14(3)11-15-7-6-10-19-15/h4-10,13-14,18H,11-12H2,1-3H3. The van der Waals surface area contributed by atoms with Gasteiger partial charge in [0.15, 0.2) is 0 Å². The van der Waals surface area contributed by atoms with Gasteiger partial charge in [-0.15, -0.1) is 0 Å². The summed E-state index contributed by atoms with van der Waals surface area (Å²) in [4.78, 5) is 0. The number of hydrogen-bond donors (Lipinski definition) is 1. The Morgan fingerprint density at radius 1 is 1.10 bits per heavy atom. The van der Waals surface area contributed by atoms with Crippen LogP contribution >= 0.6 is 0 Å². The van der Waals surface area contributed by atoms with Crippen molar-refractivity contribution in [1.82, 2.24) is 0 Å². The minimum Gasteiger partial charge on any atom is -0.491 e. The summed E-state index contributed by atoms with van der Waals surface area (Å²) in [7, 11) is 0. The first-order valence-corrected chi connectivity index (χ1v) is 7.16. The summed E-state index contributed by atoms with van der Waals surface area (Å²) in [5, 5.41) is 3.49. The van der Waals surface area contributed by atoms with Gasteiger partial charge in [-0.3, -0.25) is 0 Å². The molecule has 2 rings (SSSR count). The predicted molar refractivity (Wildman–Crippen MR) is 82.3 cm³/mol. The molecule has 0 saturated heterocycles. The molecule has 0 aliphatic heterocycles. The Morgan fingerprint density at radius 2 is 1.90 bits per heavy atom. The molecule has 0 aliphatic carbocycles. The van der Waals surface area contributed by atoms with E-state index >= 15 is 0 Å². The number of hydrogen-bond acceptors (Lipinski definition) is 3. The first-order chi connectivity index (χ1) is 9.65. The molecule has 1 atom stereocenters. The second-order valence-electron chi connectivity index (χ2n) is 5.53. The molecule has 20 heavy (non-hydrogen) atoms. The molecule has 3 heteroatoms. The fraction of sp³-hybridized carbons (Fsp3) is 0.412. The SMILES string of the molecule is CC(C)COc1ccccc1NC(C)Cc1ccco1. The van der Waals surface area contributed by atoms with Crippen LogP contribution in [0, 0.1) is 5.92 Å². The van der Waals surface area contributed by atoms with Crippen LogP contribution in [0.4, 0.5) is 5.69 Å². The van der Waals surface area contributed by atoms with Gasteiger partial charge in [0.25, 0.3) is 0 Å². The molecule has 2 aromatic rings. The Morgan fingerprint density at radius 3 is 2.60 bits per heavy atom. The van der Waals surface area contributed by atoms with Gasteiger partial charge >= 0.3 is 0 Å². The maximum atomic E-state index is 5.85. The van der Waals surface area contributed by atoms with Crippen molar-refractivity contribution in [2.75, 3.05) is 11.9 Å². The van der Waals surface area contributed by atoms with E-state index in [0.29, 0.717) is 5.92 Å². The highest BCUT2D eigenvalue weighted by Crippen LogP contribution is 2.25. The summed E-state index contributed by atoms with van der Waals surface area (Å²) in [6.45, 7) is 7.16. The molecule has 1 unspecified atom stereocenters. The molecular weight excluding hydrogens is 250 g/mol. The van der Waals surface area contributed by atoms with Gasteiger partial charge in [-0.2, -0.15) is 0 Å². The van der Waals surface area contributed by atoms with E-state index in [1.54, 1.807) is 6.26 Å². The number of anilines is 1. The van der Waals surface area contributed by atoms with Crippen molar-refractivity contribution >= 4 is 5.69 Å². The Bertz CT molecular complexity index is 505. The van der Waals surface area contributed by atoms with Gasteiger partial charge in [-0.05, 0) is 37.1 Å². The highest BCUT2D eigenvalue weighted by Gasteiger charge is 2.09. The van der Waals surface area contributed by atoms with Crippen LogP contribution in [0.3, 0.4) is 0 Å². The average molecular weight is 273 g/mol. The molecular formula is C17H23NO2. The van der Waals surface area contributed by atoms with E-state index in [9.17, 15) is 0 Å². The lowest BCUT2D eigenvalue weighted by molar-refractivity contribution is 0.272. The van der Waals surface area contributed by atoms with Crippen molar-refractivity contribution in [3.05, 3.63) is 48.4 Å². The number of benzene rings is 1. The van der Waals surface area contributed by atoms with Gasteiger partial charge in [-0.1, -0.05) is 26.0 Å². The largest absolute Gasteiger partial charge is 0.491 e. The molecule has 0 fully saturated rings. The van der Waals surface area contributed by atoms with E-state index < -0.39 is 0 Å². The number of nitrogens with one attached hydrogen (secondary N) is 1. The van der Waals surface area contributed by atoms with Crippen LogP contribution in [0.25, 0.3) is 0 Å². The Balaban J connectivity index is 1.97. The van der Waals surface area contributed by atoms with Crippen LogP contribution in [-0.4, -0.2) is 12.6 Å². The molecule has 0 amide bonds. The van der Waals surface area contributed by atoms with Crippen LogP contribution in [0.5, 0.6) is 5.75 Å². The third kappa shape index (κ3) is 4.34. The third-order valence-electron chi connectivity index (χ3n) is 2.95. The van der Waals surface area contributed by atoms with Crippen molar-refractivity contribution in [1.29, 1.82) is 0 Å². The van der Waals surface area contributed by atoms with Crippen molar-refractivity contribution in [2.45, 2.75) is 33.2 Å². The Kier molecular flexibility index (Phi) is 5.10. The van der Waals surface area contributed by atoms with Gasteiger partial charge in [0.2, 0.25) is 0 Å². The summed E-state index contributed by atoms with van der Waals surface area (Å²) < 4.78 is 11.2. The zero-order valence-corrected chi connectivity index (χ0v) is 12.4. The molecule has 1 N–H and O–H groups in total. The van der Waals surface area contributed by atoms with E-state index in [2.05, 4.69) is 26.1 Å². The second kappa shape index (κ2) is 7.04.